The fourth-order valence-corrected chi connectivity index (χ4v) is 0.537. The van der Waals surface area contributed by atoms with Gasteiger partial charge in [0.15, 0.2) is 14.1 Å². The van der Waals surface area contributed by atoms with E-state index in [4.69, 9.17) is 0 Å². The first-order valence-electron chi connectivity index (χ1n) is 1.70. The average molecular weight is 183 g/mol. The van der Waals surface area contributed by atoms with Crippen molar-refractivity contribution >= 4 is 8.37 Å². The minimum Gasteiger partial charge on any atom is -0.253 e. The maximum Gasteiger partial charge on any atom is 0.979 e. The van der Waals surface area contributed by atoms with Crippen molar-refractivity contribution in [2.75, 3.05) is 0 Å². The van der Waals surface area contributed by atoms with E-state index in [2.05, 4.69) is 0 Å². The highest BCUT2D eigenvalue weighted by atomic mass is 31.2. The molecule has 0 saturated carbocycles. The molecule has 0 bridgehead atoms. The molecular formula is N4O6P. The van der Waals surface area contributed by atoms with Crippen LogP contribution in [-0.2, 0) is 0 Å². The number of rotatable bonds is 3. The van der Waals surface area contributed by atoms with Gasteiger partial charge in [-0.2, -0.15) is 0 Å². The largest absolute Gasteiger partial charge is 0.979 e. The highest BCUT2D eigenvalue weighted by molar-refractivity contribution is 7.37. The molecule has 0 heterocycles. The number of hydrogen-bond acceptors (Lipinski definition) is 6. The van der Waals surface area contributed by atoms with Crippen LogP contribution in [0.3, 0.4) is 0 Å². The Morgan fingerprint density at radius 3 is 1.00 bits per heavy atom. The van der Waals surface area contributed by atoms with Gasteiger partial charge in [0.2, 0.25) is 0 Å². The maximum atomic E-state index is 9.53. The summed E-state index contributed by atoms with van der Waals surface area (Å²) in [7, 11) is -3.57. The second kappa shape index (κ2) is 4.41. The van der Waals surface area contributed by atoms with Crippen molar-refractivity contribution in [1.82, 2.24) is 6.15 Å². The van der Waals surface area contributed by atoms with E-state index in [0.29, 0.717) is 0 Å². The molecule has 3 radical (unpaired) electrons. The van der Waals surface area contributed by atoms with Crippen molar-refractivity contribution in [1.29, 1.82) is 0 Å². The third kappa shape index (κ3) is 3.33. The summed E-state index contributed by atoms with van der Waals surface area (Å²) in [6.45, 7) is 0. The molecular weight excluding hydrogens is 183 g/mol. The summed E-state index contributed by atoms with van der Waals surface area (Å²) in [5.74, 6) is 0. The Bertz CT molecular complexity index is 154. The van der Waals surface area contributed by atoms with Gasteiger partial charge in [0, 0.05) is 6.15 Å². The first-order valence-corrected chi connectivity index (χ1v) is 2.90. The summed E-state index contributed by atoms with van der Waals surface area (Å²) < 4.78 is -4.56. The molecule has 11 heteroatoms. The quantitative estimate of drug-likeness (QED) is 0.327. The van der Waals surface area contributed by atoms with Crippen LogP contribution in [0.4, 0.5) is 0 Å². The van der Waals surface area contributed by atoms with E-state index in [-0.39, 0.29) is 6.15 Å². The smallest absolute Gasteiger partial charge is 0.253 e. The summed E-state index contributed by atoms with van der Waals surface area (Å²) >= 11 is 0. The molecule has 0 amide bonds. The summed E-state index contributed by atoms with van der Waals surface area (Å²) in [4.78, 5) is 28.6. The fraction of sp³-hybridized carbons (Fsp3) is 0. The van der Waals surface area contributed by atoms with E-state index in [0.717, 1.165) is 0 Å². The van der Waals surface area contributed by atoms with E-state index in [9.17, 15) is 30.3 Å². The molecule has 10 nitrogen and oxygen atoms in total. The molecule has 0 fully saturated rings. The molecule has 0 aliphatic carbocycles. The molecule has 0 aromatic carbocycles. The summed E-state index contributed by atoms with van der Waals surface area (Å²) in [6, 6.07) is 0. The van der Waals surface area contributed by atoms with Crippen LogP contribution in [0.2, 0.25) is 0 Å². The van der Waals surface area contributed by atoms with E-state index >= 15 is 0 Å². The summed E-state index contributed by atoms with van der Waals surface area (Å²) in [5, 5.41) is 28.6. The molecule has 0 N–H and O–H groups in total. The Balaban J connectivity index is 0. The standard InChI is InChI=1S/N3O6P.N/c4-1(5)10(2(6)7)3(8)9;. The lowest BCUT2D eigenvalue weighted by Gasteiger charge is -1.83. The Kier molecular flexibility index (Phi) is 4.93. The Hall–Kier alpha value is -1.41. The second-order valence-corrected chi connectivity index (χ2v) is 2.50. The average Bonchev–Trinajstić information content (AvgIpc) is 1.59. The van der Waals surface area contributed by atoms with E-state index in [1.807, 2.05) is 0 Å². The lowest BCUT2D eigenvalue weighted by atomic mass is 13.3. The zero-order valence-corrected chi connectivity index (χ0v) is 5.58. The van der Waals surface area contributed by atoms with Gasteiger partial charge in [0.25, 0.3) is 0 Å². The third-order valence-electron chi connectivity index (χ3n) is 0.438. The summed E-state index contributed by atoms with van der Waals surface area (Å²) in [5.41, 5.74) is 0. The predicted molar refractivity (Wildman–Crippen MR) is 30.0 cm³/mol. The number of nitrogens with zero attached hydrogens (tertiary/aromatic N) is 4. The van der Waals surface area contributed by atoms with Crippen LogP contribution in [0.25, 0.3) is 0 Å². The third-order valence-corrected chi connectivity index (χ3v) is 1.31. The van der Waals surface area contributed by atoms with Crippen LogP contribution in [0, 0.1) is 30.3 Å². The van der Waals surface area contributed by atoms with Gasteiger partial charge in [-0.1, -0.05) is 0 Å². The molecule has 0 aromatic heterocycles. The van der Waals surface area contributed by atoms with Crippen LogP contribution in [0.5, 0.6) is 0 Å². The van der Waals surface area contributed by atoms with Crippen molar-refractivity contribution < 1.29 is 14.1 Å². The molecule has 61 valence electrons. The molecule has 0 aliphatic heterocycles. The zero-order valence-electron chi connectivity index (χ0n) is 4.69. The Morgan fingerprint density at radius 1 is 0.818 bits per heavy atom. The van der Waals surface area contributed by atoms with Gasteiger partial charge in [0.05, 0.1) is 0 Å². The molecule has 0 aromatic rings. The molecule has 0 atom stereocenters. The normalized spacial score (nSPS) is 8.45. The highest BCUT2D eigenvalue weighted by Gasteiger charge is 2.58. The molecule has 0 rings (SSSR count). The molecule has 0 saturated heterocycles. The summed E-state index contributed by atoms with van der Waals surface area (Å²) in [6.07, 6.45) is 0. The van der Waals surface area contributed by atoms with Crippen molar-refractivity contribution in [3.63, 3.8) is 0 Å². The van der Waals surface area contributed by atoms with E-state index in [1.54, 1.807) is 0 Å². The van der Waals surface area contributed by atoms with Crippen molar-refractivity contribution in [2.24, 2.45) is 0 Å². The first-order chi connectivity index (χ1) is 4.46. The van der Waals surface area contributed by atoms with Crippen molar-refractivity contribution in [3.8, 4) is 0 Å². The van der Waals surface area contributed by atoms with Gasteiger partial charge >= 0.3 is 8.37 Å². The van der Waals surface area contributed by atoms with E-state index < -0.39 is 22.5 Å². The van der Waals surface area contributed by atoms with Gasteiger partial charge in [-0.25, -0.2) is 0 Å². The first kappa shape index (κ1) is 12.3. The van der Waals surface area contributed by atoms with Crippen LogP contribution in [-0.4, -0.2) is 14.1 Å². The Labute approximate surface area is 60.1 Å². The predicted octanol–water partition coefficient (Wildman–Crippen LogP) is -0.437. The SMILES string of the molecule is O=[N+]([O-])P([N+](=O)[O-])[N+](=O)[O-].[N]. The highest BCUT2D eigenvalue weighted by Crippen LogP contribution is 2.34. The van der Waals surface area contributed by atoms with E-state index in [1.165, 1.54) is 0 Å². The van der Waals surface area contributed by atoms with Gasteiger partial charge in [-0.05, 0) is 0 Å². The van der Waals surface area contributed by atoms with Crippen LogP contribution < -0.4 is 6.15 Å². The van der Waals surface area contributed by atoms with Crippen LogP contribution in [0.15, 0.2) is 0 Å². The van der Waals surface area contributed by atoms with Gasteiger partial charge in [-0.15, -0.1) is 0 Å². The number of hydrogen-bond donors (Lipinski definition) is 0. The monoisotopic (exact) mass is 183 g/mol. The van der Waals surface area contributed by atoms with Gasteiger partial charge in [-0.3, -0.25) is 30.3 Å². The fourth-order valence-electron chi connectivity index (χ4n) is 0.179. The minimum absolute atomic E-state index is 0. The molecule has 11 heavy (non-hydrogen) atoms. The zero-order chi connectivity index (χ0) is 8.31. The molecule has 0 aliphatic rings. The van der Waals surface area contributed by atoms with Crippen molar-refractivity contribution in [3.05, 3.63) is 30.3 Å². The van der Waals surface area contributed by atoms with Crippen molar-refractivity contribution in [2.45, 2.75) is 0 Å². The van der Waals surface area contributed by atoms with Gasteiger partial charge in [0.1, 0.15) is 0 Å². The Morgan fingerprint density at radius 2 is 1.00 bits per heavy atom. The maximum absolute atomic E-state index is 9.53. The molecule has 0 spiro atoms. The number of nitro groups is 3. The lowest BCUT2D eigenvalue weighted by molar-refractivity contribution is -0.527. The van der Waals surface area contributed by atoms with Crippen LogP contribution in [0.1, 0.15) is 0 Å². The molecule has 0 unspecified atom stereocenters. The second-order valence-electron chi connectivity index (χ2n) is 0.982. The lowest BCUT2D eigenvalue weighted by Crippen LogP contribution is -2.07. The van der Waals surface area contributed by atoms with Gasteiger partial charge < -0.3 is 0 Å². The van der Waals surface area contributed by atoms with Crippen LogP contribution >= 0.6 is 8.37 Å². The topological polar surface area (TPSA) is 160 Å². The minimum atomic E-state index is -3.57.